The highest BCUT2D eigenvalue weighted by Gasteiger charge is 2.20. The number of ether oxygens (including phenoxy) is 1. The van der Waals surface area contributed by atoms with Gasteiger partial charge in [-0.25, -0.2) is 4.79 Å². The number of likely N-dealkylation sites (tertiary alicyclic amines) is 1. The minimum Gasteiger partial charge on any atom is -0.462 e. The number of nitrogens with zero attached hydrogens (tertiary/aromatic N) is 1. The molecule has 1 fully saturated rings. The third-order valence-electron chi connectivity index (χ3n) is 4.22. The van der Waals surface area contributed by atoms with E-state index in [1.54, 1.807) is 12.1 Å². The van der Waals surface area contributed by atoms with Crippen LogP contribution in [0.1, 0.15) is 43.5 Å². The smallest absolute Gasteiger partial charge is 0.338 e. The molecular weight excluding hydrogens is 286 g/mol. The third kappa shape index (κ3) is 5.68. The number of hydrogen-bond donors (Lipinski definition) is 0. The van der Waals surface area contributed by atoms with E-state index in [-0.39, 0.29) is 18.4 Å². The standard InChI is InChI=1S/C17H25NO2.ClH/c1-14-8-11-18(12-9-14)15(2)10-13-20-17(19)16-6-4-3-5-7-16;/h3-7,14-15H,8-13H2,1-2H3;1H. The van der Waals surface area contributed by atoms with Crippen LogP contribution in [0, 0.1) is 5.92 Å². The van der Waals surface area contributed by atoms with Crippen LogP contribution in [-0.4, -0.2) is 36.6 Å². The minimum atomic E-state index is -0.218. The van der Waals surface area contributed by atoms with E-state index in [1.165, 1.54) is 25.9 Å². The molecule has 1 unspecified atom stereocenters. The minimum absolute atomic E-state index is 0. The molecule has 1 saturated heterocycles. The van der Waals surface area contributed by atoms with Gasteiger partial charge in [0.05, 0.1) is 12.2 Å². The first-order valence-corrected chi connectivity index (χ1v) is 7.63. The number of halogens is 1. The Balaban J connectivity index is 0.00000220. The van der Waals surface area contributed by atoms with Gasteiger partial charge in [-0.05, 0) is 57.3 Å². The van der Waals surface area contributed by atoms with Gasteiger partial charge >= 0.3 is 5.97 Å². The molecule has 0 spiro atoms. The molecule has 1 heterocycles. The Labute approximate surface area is 134 Å². The molecule has 1 aromatic rings. The van der Waals surface area contributed by atoms with Crippen LogP contribution >= 0.6 is 12.4 Å². The molecule has 1 atom stereocenters. The van der Waals surface area contributed by atoms with Crippen molar-refractivity contribution in [2.45, 2.75) is 39.2 Å². The van der Waals surface area contributed by atoms with Crippen LogP contribution in [0.15, 0.2) is 30.3 Å². The van der Waals surface area contributed by atoms with E-state index in [1.807, 2.05) is 18.2 Å². The summed E-state index contributed by atoms with van der Waals surface area (Å²) in [5, 5.41) is 0. The maximum absolute atomic E-state index is 11.8. The van der Waals surface area contributed by atoms with E-state index in [9.17, 15) is 4.79 Å². The Kier molecular flexibility index (Phi) is 7.76. The van der Waals surface area contributed by atoms with E-state index in [2.05, 4.69) is 18.7 Å². The van der Waals surface area contributed by atoms with Gasteiger partial charge in [-0.2, -0.15) is 0 Å². The summed E-state index contributed by atoms with van der Waals surface area (Å²) < 4.78 is 5.35. The maximum Gasteiger partial charge on any atom is 0.338 e. The van der Waals surface area contributed by atoms with Gasteiger partial charge < -0.3 is 9.64 Å². The molecule has 118 valence electrons. The van der Waals surface area contributed by atoms with Crippen molar-refractivity contribution in [3.05, 3.63) is 35.9 Å². The normalized spacial score (nSPS) is 17.8. The molecular formula is C17H26ClNO2. The zero-order valence-electron chi connectivity index (χ0n) is 13.0. The first kappa shape index (κ1) is 18.0. The second-order valence-corrected chi connectivity index (χ2v) is 5.86. The molecule has 1 aliphatic rings. The average molecular weight is 312 g/mol. The lowest BCUT2D eigenvalue weighted by atomic mass is 9.98. The second kappa shape index (κ2) is 9.06. The molecule has 2 rings (SSSR count). The molecule has 1 aromatic carbocycles. The molecule has 0 aromatic heterocycles. The number of carbonyl (C=O) groups excluding carboxylic acids is 1. The van der Waals surface area contributed by atoms with Crippen LogP contribution in [-0.2, 0) is 4.74 Å². The highest BCUT2D eigenvalue weighted by atomic mass is 35.5. The quantitative estimate of drug-likeness (QED) is 0.775. The van der Waals surface area contributed by atoms with Crippen molar-refractivity contribution < 1.29 is 9.53 Å². The average Bonchev–Trinajstić information content (AvgIpc) is 2.48. The monoisotopic (exact) mass is 311 g/mol. The van der Waals surface area contributed by atoms with E-state index in [4.69, 9.17) is 4.74 Å². The Morgan fingerprint density at radius 2 is 1.90 bits per heavy atom. The topological polar surface area (TPSA) is 29.5 Å². The highest BCUT2D eigenvalue weighted by molar-refractivity contribution is 5.89. The van der Waals surface area contributed by atoms with Crippen molar-refractivity contribution >= 4 is 18.4 Å². The Bertz CT molecular complexity index is 416. The fourth-order valence-corrected chi connectivity index (χ4v) is 2.63. The summed E-state index contributed by atoms with van der Waals surface area (Å²) >= 11 is 0. The van der Waals surface area contributed by atoms with Crippen LogP contribution < -0.4 is 0 Å². The number of carbonyl (C=O) groups is 1. The molecule has 1 aliphatic heterocycles. The van der Waals surface area contributed by atoms with Gasteiger partial charge in [0, 0.05) is 6.04 Å². The largest absolute Gasteiger partial charge is 0.462 e. The maximum atomic E-state index is 11.8. The predicted molar refractivity (Wildman–Crippen MR) is 88.0 cm³/mol. The van der Waals surface area contributed by atoms with Gasteiger partial charge in [-0.3, -0.25) is 0 Å². The van der Waals surface area contributed by atoms with Gasteiger partial charge in [0.15, 0.2) is 0 Å². The van der Waals surface area contributed by atoms with Crippen LogP contribution in [0.2, 0.25) is 0 Å². The Morgan fingerprint density at radius 1 is 1.29 bits per heavy atom. The van der Waals surface area contributed by atoms with Gasteiger partial charge in [0.1, 0.15) is 0 Å². The molecule has 0 N–H and O–H groups in total. The summed E-state index contributed by atoms with van der Waals surface area (Å²) in [6.07, 6.45) is 3.48. The van der Waals surface area contributed by atoms with Crippen LogP contribution in [0.25, 0.3) is 0 Å². The lowest BCUT2D eigenvalue weighted by molar-refractivity contribution is 0.0449. The van der Waals surface area contributed by atoms with Crippen molar-refractivity contribution in [3.8, 4) is 0 Å². The number of rotatable bonds is 5. The molecule has 4 heteroatoms. The molecule has 3 nitrogen and oxygen atoms in total. The molecule has 0 aliphatic carbocycles. The van der Waals surface area contributed by atoms with Crippen molar-refractivity contribution in [2.75, 3.05) is 19.7 Å². The summed E-state index contributed by atoms with van der Waals surface area (Å²) in [5.41, 5.74) is 0.631. The first-order valence-electron chi connectivity index (χ1n) is 7.63. The van der Waals surface area contributed by atoms with Gasteiger partial charge in [-0.15, -0.1) is 12.4 Å². The van der Waals surface area contributed by atoms with E-state index < -0.39 is 0 Å². The van der Waals surface area contributed by atoms with E-state index >= 15 is 0 Å². The summed E-state index contributed by atoms with van der Waals surface area (Å²) in [6.45, 7) is 7.40. The molecule has 0 amide bonds. The summed E-state index contributed by atoms with van der Waals surface area (Å²) in [7, 11) is 0. The zero-order chi connectivity index (χ0) is 14.4. The lowest BCUT2D eigenvalue weighted by Crippen LogP contribution is -2.40. The number of hydrogen-bond acceptors (Lipinski definition) is 3. The van der Waals surface area contributed by atoms with Crippen LogP contribution in [0.5, 0.6) is 0 Å². The number of piperidine rings is 1. The Morgan fingerprint density at radius 3 is 2.52 bits per heavy atom. The van der Waals surface area contributed by atoms with Crippen molar-refractivity contribution in [3.63, 3.8) is 0 Å². The fraction of sp³-hybridized carbons (Fsp3) is 0.588. The van der Waals surface area contributed by atoms with Crippen LogP contribution in [0.4, 0.5) is 0 Å². The van der Waals surface area contributed by atoms with Crippen molar-refractivity contribution in [1.29, 1.82) is 0 Å². The third-order valence-corrected chi connectivity index (χ3v) is 4.22. The number of esters is 1. The molecule has 0 radical (unpaired) electrons. The zero-order valence-corrected chi connectivity index (χ0v) is 13.8. The SMILES string of the molecule is CC1CCN(C(C)CCOC(=O)c2ccccc2)CC1.Cl. The van der Waals surface area contributed by atoms with Gasteiger partial charge in [0.25, 0.3) is 0 Å². The lowest BCUT2D eigenvalue weighted by Gasteiger charge is -2.34. The van der Waals surface area contributed by atoms with Crippen molar-refractivity contribution in [1.82, 2.24) is 4.90 Å². The van der Waals surface area contributed by atoms with E-state index in [0.717, 1.165) is 12.3 Å². The van der Waals surface area contributed by atoms with Crippen LogP contribution in [0.3, 0.4) is 0 Å². The summed E-state index contributed by atoms with van der Waals surface area (Å²) in [6, 6.07) is 9.68. The molecule has 0 bridgehead atoms. The second-order valence-electron chi connectivity index (χ2n) is 5.86. The molecule has 21 heavy (non-hydrogen) atoms. The predicted octanol–water partition coefficient (Wildman–Crippen LogP) is 3.78. The molecule has 0 saturated carbocycles. The number of benzene rings is 1. The highest BCUT2D eigenvalue weighted by Crippen LogP contribution is 2.19. The van der Waals surface area contributed by atoms with Gasteiger partial charge in [-0.1, -0.05) is 25.1 Å². The van der Waals surface area contributed by atoms with Crippen molar-refractivity contribution in [2.24, 2.45) is 5.92 Å². The van der Waals surface area contributed by atoms with E-state index in [0.29, 0.717) is 18.2 Å². The first-order chi connectivity index (χ1) is 9.66. The Hall–Kier alpha value is -1.06. The fourth-order valence-electron chi connectivity index (χ4n) is 2.63. The summed E-state index contributed by atoms with van der Waals surface area (Å²) in [5.74, 6) is 0.638. The summed E-state index contributed by atoms with van der Waals surface area (Å²) in [4.78, 5) is 14.3. The van der Waals surface area contributed by atoms with Gasteiger partial charge in [0.2, 0.25) is 0 Å².